The SMILES string of the molecule is CCn1cc(Oc2cc(C#N)c3ccccc3n2)cn1. The minimum Gasteiger partial charge on any atom is -0.436 e. The summed E-state index contributed by atoms with van der Waals surface area (Å²) in [5.41, 5.74) is 1.29. The van der Waals surface area contributed by atoms with E-state index in [1.165, 1.54) is 0 Å². The number of para-hydroxylation sites is 1. The highest BCUT2D eigenvalue weighted by Gasteiger charge is 2.07. The maximum absolute atomic E-state index is 9.22. The van der Waals surface area contributed by atoms with Crippen LogP contribution in [0.1, 0.15) is 12.5 Å². The van der Waals surface area contributed by atoms with Crippen molar-refractivity contribution in [3.8, 4) is 17.7 Å². The van der Waals surface area contributed by atoms with E-state index in [2.05, 4.69) is 16.2 Å². The topological polar surface area (TPSA) is 63.7 Å². The Morgan fingerprint density at radius 1 is 1.35 bits per heavy atom. The number of nitrogens with zero attached hydrogens (tertiary/aromatic N) is 4. The van der Waals surface area contributed by atoms with E-state index in [9.17, 15) is 5.26 Å². The molecule has 3 rings (SSSR count). The van der Waals surface area contributed by atoms with Gasteiger partial charge in [-0.1, -0.05) is 18.2 Å². The van der Waals surface area contributed by atoms with Gasteiger partial charge in [-0.2, -0.15) is 10.4 Å². The number of nitriles is 1. The van der Waals surface area contributed by atoms with Gasteiger partial charge < -0.3 is 4.74 Å². The standard InChI is InChI=1S/C15H12N4O/c1-2-19-10-12(9-17-19)20-15-7-11(8-16)13-5-3-4-6-14(13)18-15/h3-7,9-10H,2H2,1H3. The molecule has 0 saturated heterocycles. The quantitative estimate of drug-likeness (QED) is 0.729. The van der Waals surface area contributed by atoms with Crippen LogP contribution in [-0.2, 0) is 6.54 Å². The highest BCUT2D eigenvalue weighted by Crippen LogP contribution is 2.25. The van der Waals surface area contributed by atoms with Crippen LogP contribution >= 0.6 is 0 Å². The first kappa shape index (κ1) is 12.2. The van der Waals surface area contributed by atoms with Crippen LogP contribution in [-0.4, -0.2) is 14.8 Å². The third kappa shape index (κ3) is 2.19. The number of hydrogen-bond acceptors (Lipinski definition) is 4. The van der Waals surface area contributed by atoms with Gasteiger partial charge in [0, 0.05) is 18.0 Å². The molecule has 0 N–H and O–H groups in total. The first-order chi connectivity index (χ1) is 9.80. The molecule has 0 aliphatic carbocycles. The van der Waals surface area contributed by atoms with Gasteiger partial charge in [0.2, 0.25) is 5.88 Å². The van der Waals surface area contributed by atoms with Crippen molar-refractivity contribution in [2.75, 3.05) is 0 Å². The van der Waals surface area contributed by atoms with E-state index in [1.54, 1.807) is 23.1 Å². The summed E-state index contributed by atoms with van der Waals surface area (Å²) in [6, 6.07) is 11.3. The number of rotatable bonds is 3. The Kier molecular flexibility index (Phi) is 3.05. The molecular formula is C15H12N4O. The molecule has 0 unspecified atom stereocenters. The van der Waals surface area contributed by atoms with Gasteiger partial charge in [-0.05, 0) is 13.0 Å². The Balaban J connectivity index is 2.01. The summed E-state index contributed by atoms with van der Waals surface area (Å²) in [6.07, 6.45) is 3.43. The van der Waals surface area contributed by atoms with Crippen molar-refractivity contribution >= 4 is 10.9 Å². The molecule has 2 heterocycles. The summed E-state index contributed by atoms with van der Waals surface area (Å²) >= 11 is 0. The van der Waals surface area contributed by atoms with Crippen molar-refractivity contribution in [2.24, 2.45) is 0 Å². The maximum atomic E-state index is 9.22. The van der Waals surface area contributed by atoms with Gasteiger partial charge in [0.15, 0.2) is 5.75 Å². The molecule has 0 fully saturated rings. The minimum atomic E-state index is 0.399. The third-order valence-electron chi connectivity index (χ3n) is 2.97. The Hall–Kier alpha value is -2.87. The highest BCUT2D eigenvalue weighted by molar-refractivity contribution is 5.85. The zero-order valence-electron chi connectivity index (χ0n) is 10.9. The molecule has 3 aromatic rings. The van der Waals surface area contributed by atoms with E-state index in [4.69, 9.17) is 4.74 Å². The number of ether oxygens (including phenoxy) is 1. The van der Waals surface area contributed by atoms with E-state index in [0.29, 0.717) is 17.2 Å². The lowest BCUT2D eigenvalue weighted by molar-refractivity contribution is 0.463. The fraction of sp³-hybridized carbons (Fsp3) is 0.133. The van der Waals surface area contributed by atoms with Crippen molar-refractivity contribution in [3.05, 3.63) is 48.3 Å². The molecule has 0 aliphatic rings. The summed E-state index contributed by atoms with van der Waals surface area (Å²) in [5.74, 6) is 1.01. The van der Waals surface area contributed by atoms with Gasteiger partial charge in [-0.3, -0.25) is 4.68 Å². The molecule has 0 aliphatic heterocycles. The second-order valence-electron chi connectivity index (χ2n) is 4.27. The van der Waals surface area contributed by atoms with Crippen molar-refractivity contribution in [3.63, 3.8) is 0 Å². The lowest BCUT2D eigenvalue weighted by Gasteiger charge is -2.05. The van der Waals surface area contributed by atoms with Crippen LogP contribution in [0, 0.1) is 11.3 Å². The lowest BCUT2D eigenvalue weighted by atomic mass is 10.1. The molecule has 1 aromatic carbocycles. The molecular weight excluding hydrogens is 252 g/mol. The summed E-state index contributed by atoms with van der Waals surface area (Å²) in [4.78, 5) is 4.40. The molecule has 2 aromatic heterocycles. The van der Waals surface area contributed by atoms with Gasteiger partial charge in [0.1, 0.15) is 6.07 Å². The van der Waals surface area contributed by atoms with Crippen LogP contribution in [0.15, 0.2) is 42.7 Å². The van der Waals surface area contributed by atoms with Crippen molar-refractivity contribution in [2.45, 2.75) is 13.5 Å². The summed E-state index contributed by atoms with van der Waals surface area (Å²) in [5, 5.41) is 14.2. The molecule has 98 valence electrons. The van der Waals surface area contributed by atoms with Crippen LogP contribution in [0.2, 0.25) is 0 Å². The van der Waals surface area contributed by atoms with Crippen LogP contribution in [0.25, 0.3) is 10.9 Å². The van der Waals surface area contributed by atoms with E-state index >= 15 is 0 Å². The molecule has 5 nitrogen and oxygen atoms in total. The largest absolute Gasteiger partial charge is 0.436 e. The molecule has 20 heavy (non-hydrogen) atoms. The van der Waals surface area contributed by atoms with Crippen LogP contribution in [0.3, 0.4) is 0 Å². The number of pyridine rings is 1. The van der Waals surface area contributed by atoms with Crippen molar-refractivity contribution in [1.82, 2.24) is 14.8 Å². The first-order valence-electron chi connectivity index (χ1n) is 6.30. The van der Waals surface area contributed by atoms with Crippen molar-refractivity contribution < 1.29 is 4.74 Å². The van der Waals surface area contributed by atoms with Crippen LogP contribution < -0.4 is 4.74 Å². The Bertz CT molecular complexity index is 801. The van der Waals surface area contributed by atoms with Crippen molar-refractivity contribution in [1.29, 1.82) is 5.26 Å². The van der Waals surface area contributed by atoms with Gasteiger partial charge in [-0.25, -0.2) is 4.98 Å². The zero-order valence-corrected chi connectivity index (χ0v) is 10.9. The minimum absolute atomic E-state index is 0.399. The molecule has 0 atom stereocenters. The second-order valence-corrected chi connectivity index (χ2v) is 4.27. The fourth-order valence-corrected chi connectivity index (χ4v) is 1.99. The van der Waals surface area contributed by atoms with Gasteiger partial charge in [-0.15, -0.1) is 0 Å². The van der Waals surface area contributed by atoms with Gasteiger partial charge in [0.05, 0.1) is 23.5 Å². The summed E-state index contributed by atoms with van der Waals surface area (Å²) in [6.45, 7) is 2.77. The summed E-state index contributed by atoms with van der Waals surface area (Å²) < 4.78 is 7.43. The molecule has 0 radical (unpaired) electrons. The predicted molar refractivity (Wildman–Crippen MR) is 74.4 cm³/mol. The van der Waals surface area contributed by atoms with Gasteiger partial charge >= 0.3 is 0 Å². The normalized spacial score (nSPS) is 10.4. The molecule has 0 spiro atoms. The maximum Gasteiger partial charge on any atom is 0.221 e. The smallest absolute Gasteiger partial charge is 0.221 e. The fourth-order valence-electron chi connectivity index (χ4n) is 1.99. The van der Waals surface area contributed by atoms with Crippen LogP contribution in [0.4, 0.5) is 0 Å². The Labute approximate surface area is 116 Å². The molecule has 5 heteroatoms. The van der Waals surface area contributed by atoms with E-state index in [1.807, 2.05) is 31.2 Å². The van der Waals surface area contributed by atoms with Gasteiger partial charge in [0.25, 0.3) is 0 Å². The zero-order chi connectivity index (χ0) is 13.9. The molecule has 0 saturated carbocycles. The van der Waals surface area contributed by atoms with E-state index < -0.39 is 0 Å². The lowest BCUT2D eigenvalue weighted by Crippen LogP contribution is -1.93. The Morgan fingerprint density at radius 2 is 2.20 bits per heavy atom. The molecule has 0 amide bonds. The number of hydrogen-bond donors (Lipinski definition) is 0. The Morgan fingerprint density at radius 3 is 2.95 bits per heavy atom. The molecule has 0 bridgehead atoms. The average Bonchev–Trinajstić information content (AvgIpc) is 2.94. The van der Waals surface area contributed by atoms with E-state index in [-0.39, 0.29) is 0 Å². The van der Waals surface area contributed by atoms with Crippen LogP contribution in [0.5, 0.6) is 11.6 Å². The monoisotopic (exact) mass is 264 g/mol. The predicted octanol–water partition coefficient (Wildman–Crippen LogP) is 3.12. The third-order valence-corrected chi connectivity index (χ3v) is 2.97. The number of aromatic nitrogens is 3. The number of fused-ring (bicyclic) bond motifs is 1. The average molecular weight is 264 g/mol. The summed E-state index contributed by atoms with van der Waals surface area (Å²) in [7, 11) is 0. The highest BCUT2D eigenvalue weighted by atomic mass is 16.5. The first-order valence-corrected chi connectivity index (χ1v) is 6.30. The van der Waals surface area contributed by atoms with E-state index in [0.717, 1.165) is 17.4 Å². The number of aryl methyl sites for hydroxylation is 1. The number of benzene rings is 1. The second kappa shape index (κ2) is 5.02.